The van der Waals surface area contributed by atoms with Gasteiger partial charge in [0.2, 0.25) is 0 Å². The van der Waals surface area contributed by atoms with E-state index in [1.165, 1.54) is 4.63 Å². The van der Waals surface area contributed by atoms with Gasteiger partial charge in [0.1, 0.15) is 5.52 Å². The molecule has 1 aromatic carbocycles. The largest absolute Gasteiger partial charge is 0.481 e. The zero-order valence-corrected chi connectivity index (χ0v) is 13.6. The Balaban J connectivity index is 1.76. The highest BCUT2D eigenvalue weighted by molar-refractivity contribution is 6.02. The van der Waals surface area contributed by atoms with Crippen molar-refractivity contribution in [1.82, 2.24) is 19.7 Å². The zero-order valence-electron chi connectivity index (χ0n) is 13.6. The predicted octanol–water partition coefficient (Wildman–Crippen LogP) is 1.86. The van der Waals surface area contributed by atoms with E-state index in [1.54, 1.807) is 30.2 Å². The van der Waals surface area contributed by atoms with Crippen LogP contribution in [0.3, 0.4) is 0 Å². The number of hydrogen-bond donors (Lipinski definition) is 1. The summed E-state index contributed by atoms with van der Waals surface area (Å²) in [4.78, 5) is 26.4. The summed E-state index contributed by atoms with van der Waals surface area (Å²) in [5.74, 6) is -1.88. The standard InChI is InChI=1S/C18H16N4O3/c1-11-16(15-7-4-8-19-22(15)20-11)17(23)21-9-12-5-2-3-6-13(12)14(10-21)18(24)25/h2-8,14H,9-10H2,1H3,(H,24,25). The summed E-state index contributed by atoms with van der Waals surface area (Å²) >= 11 is 0. The zero-order chi connectivity index (χ0) is 17.6. The van der Waals surface area contributed by atoms with Crippen LogP contribution in [0.15, 0.2) is 42.6 Å². The number of amides is 1. The lowest BCUT2D eigenvalue weighted by Gasteiger charge is -2.32. The lowest BCUT2D eigenvalue weighted by atomic mass is 9.89. The molecule has 0 spiro atoms. The van der Waals surface area contributed by atoms with E-state index in [0.29, 0.717) is 23.3 Å². The minimum absolute atomic E-state index is 0.141. The van der Waals surface area contributed by atoms with Gasteiger partial charge in [-0.25, -0.2) is 0 Å². The number of aliphatic carboxylic acids is 1. The molecule has 0 bridgehead atoms. The fourth-order valence-electron chi connectivity index (χ4n) is 3.40. The van der Waals surface area contributed by atoms with Gasteiger partial charge in [-0.2, -0.15) is 14.8 Å². The second-order valence-electron chi connectivity index (χ2n) is 6.13. The van der Waals surface area contributed by atoms with E-state index in [-0.39, 0.29) is 12.5 Å². The van der Waals surface area contributed by atoms with Gasteiger partial charge in [0, 0.05) is 19.3 Å². The van der Waals surface area contributed by atoms with Crippen molar-refractivity contribution >= 4 is 17.4 Å². The third-order valence-electron chi connectivity index (χ3n) is 4.59. The molecule has 0 fully saturated rings. The van der Waals surface area contributed by atoms with Crippen LogP contribution in [-0.2, 0) is 11.3 Å². The van der Waals surface area contributed by atoms with Crippen molar-refractivity contribution in [1.29, 1.82) is 0 Å². The second-order valence-corrected chi connectivity index (χ2v) is 6.13. The van der Waals surface area contributed by atoms with Crippen molar-refractivity contribution in [2.24, 2.45) is 0 Å². The van der Waals surface area contributed by atoms with Crippen LogP contribution in [0.1, 0.15) is 33.1 Å². The number of nitrogens with zero attached hydrogens (tertiary/aromatic N) is 4. The summed E-state index contributed by atoms with van der Waals surface area (Å²) in [6, 6.07) is 10.9. The number of benzene rings is 1. The fourth-order valence-corrected chi connectivity index (χ4v) is 3.40. The molecule has 4 rings (SSSR count). The Morgan fingerprint density at radius 3 is 2.80 bits per heavy atom. The van der Waals surface area contributed by atoms with Crippen molar-refractivity contribution in [2.45, 2.75) is 19.4 Å². The maximum Gasteiger partial charge on any atom is 0.312 e. The summed E-state index contributed by atoms with van der Waals surface area (Å²) in [6.45, 7) is 2.28. The van der Waals surface area contributed by atoms with Gasteiger partial charge in [-0.15, -0.1) is 0 Å². The number of rotatable bonds is 2. The maximum atomic E-state index is 13.1. The Labute approximate surface area is 143 Å². The van der Waals surface area contributed by atoms with E-state index < -0.39 is 11.9 Å². The van der Waals surface area contributed by atoms with Crippen LogP contribution in [0.4, 0.5) is 0 Å². The first-order valence-corrected chi connectivity index (χ1v) is 7.97. The van der Waals surface area contributed by atoms with Gasteiger partial charge < -0.3 is 10.0 Å². The molecule has 1 unspecified atom stereocenters. The molecule has 1 amide bonds. The molecule has 3 heterocycles. The average molecular weight is 336 g/mol. The van der Waals surface area contributed by atoms with E-state index >= 15 is 0 Å². The van der Waals surface area contributed by atoms with E-state index in [9.17, 15) is 14.7 Å². The topological polar surface area (TPSA) is 87.8 Å². The minimum atomic E-state index is -0.928. The lowest BCUT2D eigenvalue weighted by molar-refractivity contribution is -0.139. The fraction of sp³-hybridized carbons (Fsp3) is 0.222. The predicted molar refractivity (Wildman–Crippen MR) is 89.3 cm³/mol. The van der Waals surface area contributed by atoms with Gasteiger partial charge >= 0.3 is 5.97 Å². The van der Waals surface area contributed by atoms with Gasteiger partial charge in [0.05, 0.1) is 17.2 Å². The molecular formula is C18H16N4O3. The number of hydrogen-bond acceptors (Lipinski definition) is 4. The van der Waals surface area contributed by atoms with Crippen LogP contribution in [-0.4, -0.2) is 43.3 Å². The number of fused-ring (bicyclic) bond motifs is 2. The van der Waals surface area contributed by atoms with E-state index in [0.717, 1.165) is 11.1 Å². The number of aromatic nitrogens is 3. The molecule has 0 saturated carbocycles. The average Bonchev–Trinajstić information content (AvgIpc) is 2.95. The van der Waals surface area contributed by atoms with Crippen molar-refractivity contribution in [3.05, 3.63) is 65.0 Å². The van der Waals surface area contributed by atoms with Crippen LogP contribution < -0.4 is 0 Å². The van der Waals surface area contributed by atoms with Crippen LogP contribution in [0.5, 0.6) is 0 Å². The van der Waals surface area contributed by atoms with Crippen LogP contribution in [0.25, 0.3) is 5.52 Å². The summed E-state index contributed by atoms with van der Waals surface area (Å²) in [5.41, 5.74) is 3.31. The maximum absolute atomic E-state index is 13.1. The lowest BCUT2D eigenvalue weighted by Crippen LogP contribution is -2.40. The minimum Gasteiger partial charge on any atom is -0.481 e. The summed E-state index contributed by atoms with van der Waals surface area (Å²) in [6.07, 6.45) is 1.60. The van der Waals surface area contributed by atoms with Crippen LogP contribution >= 0.6 is 0 Å². The Morgan fingerprint density at radius 2 is 2.00 bits per heavy atom. The number of carbonyl (C=O) groups excluding carboxylic acids is 1. The first-order valence-electron chi connectivity index (χ1n) is 7.97. The van der Waals surface area contributed by atoms with E-state index in [4.69, 9.17) is 0 Å². The molecule has 1 atom stereocenters. The quantitative estimate of drug-likeness (QED) is 0.772. The highest BCUT2D eigenvalue weighted by Crippen LogP contribution is 2.30. The number of carboxylic acid groups (broad SMARTS) is 1. The van der Waals surface area contributed by atoms with Gasteiger partial charge in [0.25, 0.3) is 5.91 Å². The molecule has 1 N–H and O–H groups in total. The highest BCUT2D eigenvalue weighted by Gasteiger charge is 2.34. The van der Waals surface area contributed by atoms with Crippen molar-refractivity contribution < 1.29 is 14.7 Å². The van der Waals surface area contributed by atoms with Crippen LogP contribution in [0.2, 0.25) is 0 Å². The summed E-state index contributed by atoms with van der Waals surface area (Å²) in [7, 11) is 0. The molecular weight excluding hydrogens is 320 g/mol. The first kappa shape index (κ1) is 15.3. The molecule has 7 nitrogen and oxygen atoms in total. The molecule has 0 radical (unpaired) electrons. The third-order valence-corrected chi connectivity index (χ3v) is 4.59. The number of aryl methyl sites for hydroxylation is 1. The molecule has 25 heavy (non-hydrogen) atoms. The monoisotopic (exact) mass is 336 g/mol. The third kappa shape index (κ3) is 2.44. The van der Waals surface area contributed by atoms with Gasteiger partial charge in [-0.1, -0.05) is 24.3 Å². The first-order chi connectivity index (χ1) is 12.1. The molecule has 7 heteroatoms. The molecule has 1 aliphatic heterocycles. The van der Waals surface area contributed by atoms with Crippen molar-refractivity contribution in [2.75, 3.05) is 6.54 Å². The molecule has 2 aromatic heterocycles. The van der Waals surface area contributed by atoms with E-state index in [2.05, 4.69) is 10.2 Å². The van der Waals surface area contributed by atoms with Gasteiger partial charge in [0.15, 0.2) is 0 Å². The Bertz CT molecular complexity index is 995. The molecule has 0 aliphatic carbocycles. The number of carbonyl (C=O) groups is 2. The second kappa shape index (κ2) is 5.70. The molecule has 0 saturated heterocycles. The smallest absolute Gasteiger partial charge is 0.312 e. The Hall–Kier alpha value is -3.22. The highest BCUT2D eigenvalue weighted by atomic mass is 16.4. The molecule has 126 valence electrons. The van der Waals surface area contributed by atoms with E-state index in [1.807, 2.05) is 24.3 Å². The number of carboxylic acids is 1. The SMILES string of the molecule is Cc1nn2ncccc2c1C(=O)N1Cc2ccccc2C(C(=O)O)C1. The normalized spacial score (nSPS) is 16.7. The molecule has 3 aromatic rings. The Morgan fingerprint density at radius 1 is 1.20 bits per heavy atom. The molecule has 1 aliphatic rings. The van der Waals surface area contributed by atoms with Crippen molar-refractivity contribution in [3.63, 3.8) is 0 Å². The van der Waals surface area contributed by atoms with Gasteiger partial charge in [-0.3, -0.25) is 9.59 Å². The van der Waals surface area contributed by atoms with Crippen molar-refractivity contribution in [3.8, 4) is 0 Å². The summed E-state index contributed by atoms with van der Waals surface area (Å²) in [5, 5.41) is 18.0. The van der Waals surface area contributed by atoms with Gasteiger partial charge in [-0.05, 0) is 30.2 Å². The Kier molecular flexibility index (Phi) is 3.49. The summed E-state index contributed by atoms with van der Waals surface area (Å²) < 4.78 is 1.43. The van der Waals surface area contributed by atoms with Crippen LogP contribution in [0, 0.1) is 6.92 Å².